The van der Waals surface area contributed by atoms with Gasteiger partial charge < -0.3 is 0 Å². The van der Waals surface area contributed by atoms with Gasteiger partial charge in [0.15, 0.2) is 0 Å². The van der Waals surface area contributed by atoms with Gasteiger partial charge in [-0.05, 0) is 25.0 Å². The van der Waals surface area contributed by atoms with E-state index in [1.807, 2.05) is 0 Å². The highest BCUT2D eigenvalue weighted by Gasteiger charge is 2.32. The second-order valence-corrected chi connectivity index (χ2v) is 9.01. The molecule has 0 unspecified atom stereocenters. The van der Waals surface area contributed by atoms with Gasteiger partial charge in [-0.3, -0.25) is 9.52 Å². The van der Waals surface area contributed by atoms with Gasteiger partial charge in [-0.25, -0.2) is 16.8 Å². The zero-order chi connectivity index (χ0) is 14.8. The summed E-state index contributed by atoms with van der Waals surface area (Å²) in [7, 11) is -6.74. The van der Waals surface area contributed by atoms with Crippen LogP contribution in [0.5, 0.6) is 0 Å². The van der Waals surface area contributed by atoms with Crippen LogP contribution in [0.4, 0.5) is 5.69 Å². The van der Waals surface area contributed by atoms with Crippen molar-refractivity contribution in [2.75, 3.05) is 16.2 Å². The molecular weight excluding hydrogens is 302 g/mol. The van der Waals surface area contributed by atoms with E-state index in [1.165, 1.54) is 6.07 Å². The van der Waals surface area contributed by atoms with Crippen LogP contribution in [0.2, 0.25) is 0 Å². The van der Waals surface area contributed by atoms with Crippen molar-refractivity contribution in [1.29, 1.82) is 0 Å². The highest BCUT2D eigenvalue weighted by atomic mass is 32.2. The maximum atomic E-state index is 12.2. The number of carbonyl (C=O) groups excluding carboxylic acids is 1. The Bertz CT molecular complexity index is 695. The van der Waals surface area contributed by atoms with Crippen molar-refractivity contribution in [3.63, 3.8) is 0 Å². The average Bonchev–Trinajstić information content (AvgIpc) is 2.38. The highest BCUT2D eigenvalue weighted by Crippen LogP contribution is 2.22. The lowest BCUT2D eigenvalue weighted by Crippen LogP contribution is -2.36. The van der Waals surface area contributed by atoms with Gasteiger partial charge in [0, 0.05) is 11.3 Å². The first kappa shape index (κ1) is 15.0. The minimum absolute atomic E-state index is 0.102. The SMILES string of the molecule is O=Cc1cccc(NS(=O)(=O)C2CCS(=O)(=O)CC2)c1. The third kappa shape index (κ3) is 3.57. The van der Waals surface area contributed by atoms with Gasteiger partial charge in [0.1, 0.15) is 16.1 Å². The van der Waals surface area contributed by atoms with Crippen LogP contribution in [0.1, 0.15) is 23.2 Å². The summed E-state index contributed by atoms with van der Waals surface area (Å²) in [5, 5.41) is -0.717. The average molecular weight is 317 g/mol. The van der Waals surface area contributed by atoms with Gasteiger partial charge >= 0.3 is 0 Å². The Morgan fingerprint density at radius 2 is 1.85 bits per heavy atom. The van der Waals surface area contributed by atoms with Crippen LogP contribution in [-0.4, -0.2) is 39.9 Å². The fourth-order valence-electron chi connectivity index (χ4n) is 2.10. The number of sulfonamides is 1. The molecule has 0 bridgehead atoms. The van der Waals surface area contributed by atoms with Crippen LogP contribution in [0.25, 0.3) is 0 Å². The van der Waals surface area contributed by atoms with E-state index < -0.39 is 25.1 Å². The quantitative estimate of drug-likeness (QED) is 0.829. The van der Waals surface area contributed by atoms with Gasteiger partial charge in [-0.2, -0.15) is 0 Å². The largest absolute Gasteiger partial charge is 0.298 e. The van der Waals surface area contributed by atoms with Gasteiger partial charge in [-0.15, -0.1) is 0 Å². The molecule has 0 atom stereocenters. The van der Waals surface area contributed by atoms with Crippen LogP contribution >= 0.6 is 0 Å². The Morgan fingerprint density at radius 1 is 1.20 bits per heavy atom. The van der Waals surface area contributed by atoms with Crippen molar-refractivity contribution < 1.29 is 21.6 Å². The molecule has 0 radical (unpaired) electrons. The molecule has 0 spiro atoms. The maximum absolute atomic E-state index is 12.2. The number of aldehydes is 1. The van der Waals surface area contributed by atoms with Crippen molar-refractivity contribution in [2.24, 2.45) is 0 Å². The summed E-state index contributed by atoms with van der Waals surface area (Å²) in [6, 6.07) is 6.12. The van der Waals surface area contributed by atoms with Crippen LogP contribution < -0.4 is 4.72 Å². The molecule has 1 aromatic carbocycles. The standard InChI is InChI=1S/C12H15NO5S2/c14-9-10-2-1-3-11(8-10)13-20(17,18)12-4-6-19(15,16)7-5-12/h1-3,8-9,12-13H,4-7H2. The summed E-state index contributed by atoms with van der Waals surface area (Å²) < 4.78 is 49.4. The maximum Gasteiger partial charge on any atom is 0.235 e. The summed E-state index contributed by atoms with van der Waals surface area (Å²) in [5.74, 6) is -0.208. The second-order valence-electron chi connectivity index (χ2n) is 4.74. The molecule has 20 heavy (non-hydrogen) atoms. The zero-order valence-electron chi connectivity index (χ0n) is 10.7. The van der Waals surface area contributed by atoms with E-state index in [4.69, 9.17) is 0 Å². The number of hydrogen-bond acceptors (Lipinski definition) is 5. The van der Waals surface area contributed by atoms with E-state index in [2.05, 4.69) is 4.72 Å². The lowest BCUT2D eigenvalue weighted by atomic mass is 10.2. The molecule has 1 aliphatic heterocycles. The number of carbonyl (C=O) groups is 1. The molecule has 8 heteroatoms. The first-order chi connectivity index (χ1) is 9.32. The molecule has 0 amide bonds. The van der Waals surface area contributed by atoms with Crippen LogP contribution in [0.15, 0.2) is 24.3 Å². The molecule has 2 rings (SSSR count). The fourth-order valence-corrected chi connectivity index (χ4v) is 5.37. The first-order valence-electron chi connectivity index (χ1n) is 6.10. The summed E-state index contributed by atoms with van der Waals surface area (Å²) in [6.45, 7) is 0. The molecule has 1 fully saturated rings. The van der Waals surface area contributed by atoms with E-state index in [-0.39, 0.29) is 24.3 Å². The number of benzene rings is 1. The van der Waals surface area contributed by atoms with Crippen LogP contribution in [0, 0.1) is 0 Å². The topological polar surface area (TPSA) is 97.4 Å². The Labute approximate surface area is 118 Å². The van der Waals surface area contributed by atoms with E-state index in [1.54, 1.807) is 18.2 Å². The van der Waals surface area contributed by atoms with Crippen molar-refractivity contribution in [2.45, 2.75) is 18.1 Å². The number of hydrogen-bond donors (Lipinski definition) is 1. The Hall–Kier alpha value is -1.41. The summed E-state index contributed by atoms with van der Waals surface area (Å²) in [5.41, 5.74) is 0.680. The molecular formula is C12H15NO5S2. The fraction of sp³-hybridized carbons (Fsp3) is 0.417. The molecule has 0 aliphatic carbocycles. The van der Waals surface area contributed by atoms with Crippen molar-refractivity contribution in [1.82, 2.24) is 0 Å². The van der Waals surface area contributed by atoms with Crippen LogP contribution in [-0.2, 0) is 19.9 Å². The molecule has 1 saturated heterocycles. The van der Waals surface area contributed by atoms with E-state index in [9.17, 15) is 21.6 Å². The Balaban J connectivity index is 2.13. The lowest BCUT2D eigenvalue weighted by Gasteiger charge is -2.22. The van der Waals surface area contributed by atoms with Crippen LogP contribution in [0.3, 0.4) is 0 Å². The van der Waals surface area contributed by atoms with E-state index in [0.29, 0.717) is 17.5 Å². The monoisotopic (exact) mass is 317 g/mol. The first-order valence-corrected chi connectivity index (χ1v) is 9.46. The molecule has 6 nitrogen and oxygen atoms in total. The summed E-state index contributed by atoms with van der Waals surface area (Å²) in [6.07, 6.45) is 0.834. The van der Waals surface area contributed by atoms with Crippen molar-refractivity contribution >= 4 is 31.8 Å². The van der Waals surface area contributed by atoms with E-state index >= 15 is 0 Å². The van der Waals surface area contributed by atoms with Gasteiger partial charge in [-0.1, -0.05) is 12.1 Å². The molecule has 1 aliphatic rings. The molecule has 0 aromatic heterocycles. The number of sulfone groups is 1. The highest BCUT2D eigenvalue weighted by molar-refractivity contribution is 7.94. The third-order valence-electron chi connectivity index (χ3n) is 3.22. The summed E-state index contributed by atoms with van der Waals surface area (Å²) >= 11 is 0. The van der Waals surface area contributed by atoms with Gasteiger partial charge in [0.05, 0.1) is 16.8 Å². The number of anilines is 1. The predicted molar refractivity (Wildman–Crippen MR) is 76.0 cm³/mol. The number of rotatable bonds is 4. The molecule has 1 heterocycles. The third-order valence-corrected chi connectivity index (χ3v) is 6.81. The van der Waals surface area contributed by atoms with Crippen molar-refractivity contribution in [3.8, 4) is 0 Å². The lowest BCUT2D eigenvalue weighted by molar-refractivity contribution is 0.112. The Kier molecular flexibility index (Phi) is 4.14. The number of nitrogens with one attached hydrogen (secondary N) is 1. The molecule has 0 saturated carbocycles. The Morgan fingerprint density at radius 3 is 2.45 bits per heavy atom. The summed E-state index contributed by atoms with van der Waals surface area (Å²) in [4.78, 5) is 10.7. The molecule has 110 valence electrons. The van der Waals surface area contributed by atoms with Gasteiger partial charge in [0.2, 0.25) is 10.0 Å². The normalized spacial score (nSPS) is 19.4. The van der Waals surface area contributed by atoms with Crippen molar-refractivity contribution in [3.05, 3.63) is 29.8 Å². The second kappa shape index (κ2) is 5.53. The molecule has 1 aromatic rings. The minimum atomic E-state index is -3.64. The van der Waals surface area contributed by atoms with E-state index in [0.717, 1.165) is 0 Å². The molecule has 1 N–H and O–H groups in total. The minimum Gasteiger partial charge on any atom is -0.298 e. The zero-order valence-corrected chi connectivity index (χ0v) is 12.3. The van der Waals surface area contributed by atoms with Gasteiger partial charge in [0.25, 0.3) is 0 Å². The smallest absolute Gasteiger partial charge is 0.235 e. The predicted octanol–water partition coefficient (Wildman–Crippen LogP) is 0.818.